The summed E-state index contributed by atoms with van der Waals surface area (Å²) in [5.41, 5.74) is 0.671. The fraction of sp³-hybridized carbons (Fsp3) is 0.571. The van der Waals surface area contributed by atoms with Gasteiger partial charge < -0.3 is 5.11 Å². The third-order valence-electron chi connectivity index (χ3n) is 2.68. The van der Waals surface area contributed by atoms with Crippen molar-refractivity contribution in [2.75, 3.05) is 0 Å². The van der Waals surface area contributed by atoms with Gasteiger partial charge in [-0.15, -0.1) is 5.75 Å². The van der Waals surface area contributed by atoms with Crippen molar-refractivity contribution in [3.8, 4) is 11.5 Å². The van der Waals surface area contributed by atoms with Crippen LogP contribution in [0.3, 0.4) is 0 Å². The minimum atomic E-state index is -0.280. The van der Waals surface area contributed by atoms with Crippen molar-refractivity contribution < 1.29 is 10.2 Å². The van der Waals surface area contributed by atoms with Gasteiger partial charge in [-0.05, 0) is 10.8 Å². The molecule has 0 saturated carbocycles. The molecule has 0 aliphatic heterocycles. The summed E-state index contributed by atoms with van der Waals surface area (Å²) in [4.78, 5) is 0. The molecule has 1 radical (unpaired) electrons. The van der Waals surface area contributed by atoms with Crippen LogP contribution in [0.4, 0.5) is 0 Å². The number of rotatable bonds is 0. The van der Waals surface area contributed by atoms with Crippen molar-refractivity contribution in [2.24, 2.45) is 0 Å². The maximum Gasteiger partial charge on any atom is 0.186 e. The molecular formula is C14H20O2-. The van der Waals surface area contributed by atoms with E-state index in [9.17, 15) is 10.2 Å². The summed E-state index contributed by atoms with van der Waals surface area (Å²) in [6, 6.07) is 2.94. The lowest BCUT2D eigenvalue weighted by atomic mass is 9.79. The molecule has 0 aliphatic rings. The molecule has 1 rings (SSSR count). The van der Waals surface area contributed by atoms with E-state index in [0.29, 0.717) is 11.1 Å². The molecule has 0 atom stereocenters. The molecule has 0 bridgehead atoms. The Bertz CT molecular complexity index is 357. The van der Waals surface area contributed by atoms with Gasteiger partial charge >= 0.3 is 0 Å². The van der Waals surface area contributed by atoms with E-state index < -0.39 is 0 Å². The Morgan fingerprint density at radius 1 is 0.875 bits per heavy atom. The van der Waals surface area contributed by atoms with Gasteiger partial charge in [0.2, 0.25) is 0 Å². The second-order valence-corrected chi connectivity index (χ2v) is 6.35. The molecular weight excluding hydrogens is 200 g/mol. The monoisotopic (exact) mass is 220 g/mol. The molecule has 16 heavy (non-hydrogen) atoms. The lowest BCUT2D eigenvalue weighted by Gasteiger charge is -2.28. The quantitative estimate of drug-likeness (QED) is 0.659. The smallest absolute Gasteiger partial charge is 0.186 e. The minimum absolute atomic E-state index is 0.0135. The molecule has 0 aromatic heterocycles. The molecule has 0 heterocycles. The summed E-state index contributed by atoms with van der Waals surface area (Å²) in [5, 5.41) is 23.9. The summed E-state index contributed by atoms with van der Waals surface area (Å²) in [5.74, 6) is -0.0611. The van der Waals surface area contributed by atoms with Crippen molar-refractivity contribution in [3.05, 3.63) is 23.3 Å². The van der Waals surface area contributed by atoms with E-state index in [4.69, 9.17) is 0 Å². The van der Waals surface area contributed by atoms with E-state index in [-0.39, 0.29) is 22.3 Å². The minimum Gasteiger partial charge on any atom is -0.872 e. The molecule has 0 N–H and O–H groups in total. The van der Waals surface area contributed by atoms with E-state index in [1.165, 1.54) is 12.1 Å². The van der Waals surface area contributed by atoms with Crippen LogP contribution < -0.4 is 5.11 Å². The maximum atomic E-state index is 12.3. The van der Waals surface area contributed by atoms with Gasteiger partial charge in [0.1, 0.15) is 0 Å². The molecule has 0 saturated heterocycles. The fourth-order valence-electron chi connectivity index (χ4n) is 1.72. The van der Waals surface area contributed by atoms with Crippen LogP contribution in [-0.4, -0.2) is 0 Å². The highest BCUT2D eigenvalue weighted by atomic mass is 16.3. The van der Waals surface area contributed by atoms with Crippen LogP contribution in [0.2, 0.25) is 0 Å². The first-order valence-corrected chi connectivity index (χ1v) is 5.56. The molecule has 1 aromatic rings. The molecule has 0 unspecified atom stereocenters. The molecule has 0 fully saturated rings. The average Bonchev–Trinajstić information content (AvgIpc) is 2.04. The van der Waals surface area contributed by atoms with Crippen LogP contribution in [0.5, 0.6) is 11.5 Å². The van der Waals surface area contributed by atoms with Gasteiger partial charge in [0.05, 0.1) is 0 Å². The van der Waals surface area contributed by atoms with E-state index in [1.54, 1.807) is 0 Å². The van der Waals surface area contributed by atoms with Crippen LogP contribution in [-0.2, 0) is 15.9 Å². The number of hydrogen-bond donors (Lipinski definition) is 0. The van der Waals surface area contributed by atoms with E-state index in [0.717, 1.165) is 0 Å². The van der Waals surface area contributed by atoms with Gasteiger partial charge in [0.25, 0.3) is 0 Å². The zero-order valence-electron chi connectivity index (χ0n) is 11.0. The predicted octanol–water partition coefficient (Wildman–Crippen LogP) is 3.50. The van der Waals surface area contributed by atoms with Crippen molar-refractivity contribution in [1.82, 2.24) is 0 Å². The summed E-state index contributed by atoms with van der Waals surface area (Å²) in [6.45, 7) is 11.7. The number of hydrogen-bond acceptors (Lipinski definition) is 1. The second kappa shape index (κ2) is 3.69. The van der Waals surface area contributed by atoms with Gasteiger partial charge in [-0.3, -0.25) is 5.11 Å². The third kappa shape index (κ3) is 2.49. The SMILES string of the molecule is CC(C)(C)c1cc([O-])cc(C(C)(C)C)c1[O]. The number of benzene rings is 1. The first kappa shape index (κ1) is 12.9. The van der Waals surface area contributed by atoms with Gasteiger partial charge in [0.15, 0.2) is 5.75 Å². The molecule has 0 aliphatic carbocycles. The lowest BCUT2D eigenvalue weighted by molar-refractivity contribution is -0.268. The molecule has 1 aromatic carbocycles. The maximum absolute atomic E-state index is 12.3. The zero-order chi connectivity index (χ0) is 12.7. The van der Waals surface area contributed by atoms with Crippen LogP contribution in [0, 0.1) is 0 Å². The first-order chi connectivity index (χ1) is 7.03. The topological polar surface area (TPSA) is 43.0 Å². The molecule has 0 amide bonds. The van der Waals surface area contributed by atoms with Gasteiger partial charge in [-0.2, -0.15) is 0 Å². The van der Waals surface area contributed by atoms with Crippen LogP contribution in [0.15, 0.2) is 12.1 Å². The molecule has 2 heteroatoms. The molecule has 0 spiro atoms. The van der Waals surface area contributed by atoms with E-state index in [2.05, 4.69) is 0 Å². The lowest BCUT2D eigenvalue weighted by Crippen LogP contribution is -2.17. The first-order valence-electron chi connectivity index (χ1n) is 5.56. The van der Waals surface area contributed by atoms with Crippen molar-refractivity contribution in [2.45, 2.75) is 52.4 Å². The largest absolute Gasteiger partial charge is 0.872 e. The average molecular weight is 220 g/mol. The van der Waals surface area contributed by atoms with E-state index >= 15 is 0 Å². The third-order valence-corrected chi connectivity index (χ3v) is 2.68. The van der Waals surface area contributed by atoms with E-state index in [1.807, 2.05) is 41.5 Å². The normalized spacial score (nSPS) is 12.9. The summed E-state index contributed by atoms with van der Waals surface area (Å²) < 4.78 is 0. The van der Waals surface area contributed by atoms with Gasteiger partial charge in [-0.25, -0.2) is 0 Å². The second-order valence-electron chi connectivity index (χ2n) is 6.35. The Balaban J connectivity index is 3.51. The van der Waals surface area contributed by atoms with Gasteiger partial charge in [-0.1, -0.05) is 53.7 Å². The predicted molar refractivity (Wildman–Crippen MR) is 63.4 cm³/mol. The van der Waals surface area contributed by atoms with Crippen LogP contribution in [0.25, 0.3) is 0 Å². The fourth-order valence-corrected chi connectivity index (χ4v) is 1.72. The molecule has 89 valence electrons. The van der Waals surface area contributed by atoms with Crippen LogP contribution in [0.1, 0.15) is 52.7 Å². The Labute approximate surface area is 97.9 Å². The Hall–Kier alpha value is -1.18. The summed E-state index contributed by atoms with van der Waals surface area (Å²) >= 11 is 0. The summed E-state index contributed by atoms with van der Waals surface area (Å²) in [6.07, 6.45) is 0. The van der Waals surface area contributed by atoms with Gasteiger partial charge in [0, 0.05) is 11.1 Å². The highest BCUT2D eigenvalue weighted by Gasteiger charge is 2.26. The Morgan fingerprint density at radius 2 is 1.19 bits per heavy atom. The Kier molecular flexibility index (Phi) is 2.97. The van der Waals surface area contributed by atoms with Crippen molar-refractivity contribution in [3.63, 3.8) is 0 Å². The Morgan fingerprint density at radius 3 is 1.44 bits per heavy atom. The standard InChI is InChI=1S/C14H21O2/c1-13(2,3)10-7-9(15)8-11(12(10)16)14(4,5)6/h7-8,15H,1-6H3/p-1. The van der Waals surface area contributed by atoms with Crippen molar-refractivity contribution in [1.29, 1.82) is 0 Å². The van der Waals surface area contributed by atoms with Crippen LogP contribution >= 0.6 is 0 Å². The van der Waals surface area contributed by atoms with Crippen molar-refractivity contribution >= 4 is 0 Å². The highest BCUT2D eigenvalue weighted by molar-refractivity contribution is 5.50. The molecule has 2 nitrogen and oxygen atoms in total. The zero-order valence-corrected chi connectivity index (χ0v) is 11.0. The summed E-state index contributed by atoms with van der Waals surface area (Å²) in [7, 11) is 0. The highest BCUT2D eigenvalue weighted by Crippen LogP contribution is 2.41.